The minimum absolute atomic E-state index is 0. The molecule has 11 heteroatoms. The molecule has 0 saturated carbocycles. The van der Waals surface area contributed by atoms with Crippen molar-refractivity contribution in [1.29, 1.82) is 0 Å². The average Bonchev–Trinajstić information content (AvgIpc) is 3.19. The second-order valence-corrected chi connectivity index (χ2v) is 10.5. The standard InChI is InChI=1S/C12H19NO4.C10H17NO3.C2H3ClO.CH4/c1-8(14)16-10-6-5-9(7-10)13-11(15)17-12(2,3)4;1-10(2,3)14-9(13)11-7-4-5-8(12)6-7;1-2(3)4;/h5-6,9-10H,7H2,1-4H3,(H,13,15);4-5,7-8,12H,6H2,1-3H3,(H,11,13);1H3;1H4/t9-,10+;7-,8+;;/m11../s1. The highest BCUT2D eigenvalue weighted by atomic mass is 35.5. The first-order valence-electron chi connectivity index (χ1n) is 11.2. The monoisotopic (exact) mass is 534 g/mol. The van der Waals surface area contributed by atoms with E-state index in [1.54, 1.807) is 45.1 Å². The molecule has 0 bridgehead atoms. The van der Waals surface area contributed by atoms with Gasteiger partial charge in [-0.1, -0.05) is 25.7 Å². The molecule has 4 atom stereocenters. The number of hydrogen-bond donors (Lipinski definition) is 3. The molecular weight excluding hydrogens is 492 g/mol. The topological polar surface area (TPSA) is 140 Å². The molecule has 0 saturated heterocycles. The molecule has 2 aliphatic rings. The van der Waals surface area contributed by atoms with Crippen molar-refractivity contribution < 1.29 is 38.5 Å². The van der Waals surface area contributed by atoms with Crippen LogP contribution in [-0.2, 0) is 23.8 Å². The van der Waals surface area contributed by atoms with Crippen LogP contribution in [0.25, 0.3) is 0 Å². The van der Waals surface area contributed by atoms with Crippen LogP contribution >= 0.6 is 11.6 Å². The summed E-state index contributed by atoms with van der Waals surface area (Å²) in [5, 5.41) is 14.2. The highest BCUT2D eigenvalue weighted by Crippen LogP contribution is 2.16. The number of nitrogens with one attached hydrogen (secondary N) is 2. The Hall–Kier alpha value is -2.59. The first-order valence-corrected chi connectivity index (χ1v) is 11.6. The Morgan fingerprint density at radius 1 is 0.806 bits per heavy atom. The van der Waals surface area contributed by atoms with Gasteiger partial charge in [0, 0.05) is 26.7 Å². The van der Waals surface area contributed by atoms with Crippen molar-refractivity contribution in [3.8, 4) is 0 Å². The van der Waals surface area contributed by atoms with Crippen molar-refractivity contribution >= 4 is 35.0 Å². The van der Waals surface area contributed by atoms with Gasteiger partial charge < -0.3 is 30.0 Å². The number of rotatable bonds is 3. The number of alkyl carbamates (subject to hydrolysis) is 2. The van der Waals surface area contributed by atoms with Crippen LogP contribution in [0.1, 0.15) is 75.7 Å². The van der Waals surface area contributed by atoms with Crippen LogP contribution in [0.5, 0.6) is 0 Å². The van der Waals surface area contributed by atoms with Gasteiger partial charge in [0.25, 0.3) is 0 Å². The third kappa shape index (κ3) is 20.8. The van der Waals surface area contributed by atoms with E-state index in [1.807, 2.05) is 20.8 Å². The van der Waals surface area contributed by atoms with Gasteiger partial charge in [0.05, 0.1) is 18.2 Å². The zero-order valence-corrected chi connectivity index (χ0v) is 22.5. The second-order valence-electron chi connectivity index (χ2n) is 9.93. The molecule has 2 amide bonds. The van der Waals surface area contributed by atoms with Crippen molar-refractivity contribution in [1.82, 2.24) is 10.6 Å². The van der Waals surface area contributed by atoms with Gasteiger partial charge in [0.1, 0.15) is 17.3 Å². The normalized spacial score (nSPS) is 21.9. The first-order chi connectivity index (χ1) is 15.9. The van der Waals surface area contributed by atoms with E-state index in [4.69, 9.17) is 19.3 Å². The molecule has 2 aliphatic carbocycles. The fraction of sp³-hybridized carbons (Fsp3) is 0.680. The smallest absolute Gasteiger partial charge is 0.408 e. The van der Waals surface area contributed by atoms with Crippen LogP contribution in [0.2, 0.25) is 0 Å². The fourth-order valence-electron chi connectivity index (χ4n) is 2.78. The zero-order chi connectivity index (χ0) is 27.4. The van der Waals surface area contributed by atoms with E-state index in [-0.39, 0.29) is 36.8 Å². The van der Waals surface area contributed by atoms with Crippen molar-refractivity contribution in [2.75, 3.05) is 0 Å². The highest BCUT2D eigenvalue weighted by Gasteiger charge is 2.25. The predicted octanol–water partition coefficient (Wildman–Crippen LogP) is 4.38. The molecule has 0 unspecified atom stereocenters. The minimum Gasteiger partial charge on any atom is -0.458 e. The van der Waals surface area contributed by atoms with Crippen LogP contribution in [0.3, 0.4) is 0 Å². The Morgan fingerprint density at radius 2 is 1.19 bits per heavy atom. The van der Waals surface area contributed by atoms with Gasteiger partial charge in [-0.05, 0) is 59.2 Å². The van der Waals surface area contributed by atoms with E-state index < -0.39 is 29.5 Å². The Labute approximate surface area is 219 Å². The summed E-state index contributed by atoms with van der Waals surface area (Å²) in [5.41, 5.74) is -0.993. The Morgan fingerprint density at radius 3 is 1.53 bits per heavy atom. The summed E-state index contributed by atoms with van der Waals surface area (Å²) in [4.78, 5) is 42.7. The SMILES string of the molecule is C.CC(=O)Cl.CC(=O)O[C@H]1C=C[C@@H](NC(=O)OC(C)(C)C)C1.CC(C)(C)OC(=O)N[C@@H]1C=C[C@H](O)C1. The Balaban J connectivity index is 0. The molecule has 0 aromatic heterocycles. The minimum atomic E-state index is -0.512. The summed E-state index contributed by atoms with van der Waals surface area (Å²) in [6, 6.07) is -0.256. The summed E-state index contributed by atoms with van der Waals surface area (Å²) in [6.45, 7) is 13.5. The first kappa shape index (κ1) is 35.6. The van der Waals surface area contributed by atoms with Gasteiger partial charge in [0.15, 0.2) is 0 Å². The lowest BCUT2D eigenvalue weighted by atomic mass is 10.2. The molecule has 0 heterocycles. The van der Waals surface area contributed by atoms with Gasteiger partial charge in [-0.3, -0.25) is 9.59 Å². The van der Waals surface area contributed by atoms with E-state index in [0.29, 0.717) is 12.8 Å². The molecule has 0 aromatic carbocycles. The van der Waals surface area contributed by atoms with Gasteiger partial charge in [-0.25, -0.2) is 9.59 Å². The van der Waals surface area contributed by atoms with Crippen molar-refractivity contribution in [3.63, 3.8) is 0 Å². The molecule has 0 fully saturated rings. The lowest BCUT2D eigenvalue weighted by Crippen LogP contribution is -2.38. The summed E-state index contributed by atoms with van der Waals surface area (Å²) in [6.07, 6.45) is 6.48. The van der Waals surface area contributed by atoms with Crippen molar-refractivity contribution in [3.05, 3.63) is 24.3 Å². The van der Waals surface area contributed by atoms with E-state index >= 15 is 0 Å². The lowest BCUT2D eigenvalue weighted by Gasteiger charge is -2.21. The molecule has 2 rings (SSSR count). The van der Waals surface area contributed by atoms with Gasteiger partial charge >= 0.3 is 18.2 Å². The number of carbonyl (C=O) groups is 4. The quantitative estimate of drug-likeness (QED) is 0.210. The summed E-state index contributed by atoms with van der Waals surface area (Å²) in [5.74, 6) is -0.322. The fourth-order valence-corrected chi connectivity index (χ4v) is 2.78. The maximum absolute atomic E-state index is 11.5. The third-order valence-corrected chi connectivity index (χ3v) is 3.83. The van der Waals surface area contributed by atoms with Crippen molar-refractivity contribution in [2.45, 2.75) is 111 Å². The molecular formula is C25H43ClN2O8. The maximum atomic E-state index is 11.5. The molecule has 0 radical (unpaired) electrons. The summed E-state index contributed by atoms with van der Waals surface area (Å²) in [7, 11) is 0. The molecule has 3 N–H and O–H groups in total. The van der Waals surface area contributed by atoms with E-state index in [9.17, 15) is 19.2 Å². The molecule has 208 valence electrons. The Kier molecular flexibility index (Phi) is 16.0. The third-order valence-electron chi connectivity index (χ3n) is 3.83. The van der Waals surface area contributed by atoms with Crippen molar-refractivity contribution in [2.24, 2.45) is 0 Å². The van der Waals surface area contributed by atoms with Gasteiger partial charge in [0.2, 0.25) is 5.24 Å². The molecule has 0 spiro atoms. The van der Waals surface area contributed by atoms with Crippen LogP contribution in [0.15, 0.2) is 24.3 Å². The number of hydrogen-bond acceptors (Lipinski definition) is 8. The van der Waals surface area contributed by atoms with Gasteiger partial charge in [-0.15, -0.1) is 0 Å². The molecule has 36 heavy (non-hydrogen) atoms. The number of amides is 2. The van der Waals surface area contributed by atoms with E-state index in [2.05, 4.69) is 22.2 Å². The molecule has 0 aliphatic heterocycles. The molecule has 0 aromatic rings. The number of carbonyl (C=O) groups excluding carboxylic acids is 4. The lowest BCUT2D eigenvalue weighted by molar-refractivity contribution is -0.144. The van der Waals surface area contributed by atoms with Crippen LogP contribution in [0, 0.1) is 0 Å². The number of ether oxygens (including phenoxy) is 3. The largest absolute Gasteiger partial charge is 0.458 e. The highest BCUT2D eigenvalue weighted by molar-refractivity contribution is 6.62. The van der Waals surface area contributed by atoms with Gasteiger partial charge in [-0.2, -0.15) is 0 Å². The van der Waals surface area contributed by atoms with E-state index in [0.717, 1.165) is 0 Å². The molecule has 10 nitrogen and oxygen atoms in total. The summed E-state index contributed by atoms with van der Waals surface area (Å²) >= 11 is 4.64. The zero-order valence-electron chi connectivity index (χ0n) is 21.7. The van der Waals surface area contributed by atoms with Crippen LogP contribution in [0.4, 0.5) is 9.59 Å². The maximum Gasteiger partial charge on any atom is 0.408 e. The number of halogens is 1. The van der Waals surface area contributed by atoms with Crippen LogP contribution < -0.4 is 10.6 Å². The number of esters is 1. The predicted molar refractivity (Wildman–Crippen MR) is 139 cm³/mol. The average molecular weight is 535 g/mol. The van der Waals surface area contributed by atoms with E-state index in [1.165, 1.54) is 13.8 Å². The summed E-state index contributed by atoms with van der Waals surface area (Å²) < 4.78 is 15.2. The number of aliphatic hydroxyl groups excluding tert-OH is 1. The number of aliphatic hydroxyl groups is 1. The van der Waals surface area contributed by atoms with Crippen LogP contribution in [-0.4, -0.2) is 64.0 Å². The Bertz CT molecular complexity index is 780. The second kappa shape index (κ2) is 16.2.